The van der Waals surface area contributed by atoms with Crippen molar-refractivity contribution < 1.29 is 9.53 Å². The Morgan fingerprint density at radius 1 is 1.47 bits per heavy atom. The van der Waals surface area contributed by atoms with E-state index < -0.39 is 6.04 Å². The molecule has 0 aliphatic heterocycles. The third-order valence-electron chi connectivity index (χ3n) is 2.88. The van der Waals surface area contributed by atoms with Crippen LogP contribution in [-0.2, 0) is 16.1 Å². The fourth-order valence-electron chi connectivity index (χ4n) is 1.57. The molecule has 106 valence electrons. The maximum Gasteiger partial charge on any atom is 0.241 e. The van der Waals surface area contributed by atoms with Crippen LogP contribution < -0.4 is 11.1 Å². The van der Waals surface area contributed by atoms with E-state index >= 15 is 0 Å². The predicted octanol–water partition coefficient (Wildman–Crippen LogP) is 2.91. The van der Waals surface area contributed by atoms with Gasteiger partial charge in [0.1, 0.15) is 0 Å². The number of carbonyl (C=O) groups excluding carboxylic acids is 1. The summed E-state index contributed by atoms with van der Waals surface area (Å²) < 4.78 is 6.05. The average Bonchev–Trinajstić information content (AvgIpc) is 2.31. The zero-order valence-corrected chi connectivity index (χ0v) is 13.4. The lowest BCUT2D eigenvalue weighted by molar-refractivity contribution is -0.119. The van der Waals surface area contributed by atoms with E-state index in [1.807, 2.05) is 39.0 Å². The number of hydrogen-bond donors (Lipinski definition) is 2. The van der Waals surface area contributed by atoms with Crippen molar-refractivity contribution in [3.8, 4) is 0 Å². The SMILES string of the molecule is COCc1c(Br)cccc1NC(=O)[C@@H](N)C(C)(C)C. The smallest absolute Gasteiger partial charge is 0.241 e. The molecule has 0 aromatic heterocycles. The molecule has 19 heavy (non-hydrogen) atoms. The van der Waals surface area contributed by atoms with Crippen molar-refractivity contribution in [2.24, 2.45) is 11.1 Å². The number of benzene rings is 1. The fraction of sp³-hybridized carbons (Fsp3) is 0.500. The topological polar surface area (TPSA) is 64.3 Å². The fourth-order valence-corrected chi connectivity index (χ4v) is 2.05. The van der Waals surface area contributed by atoms with E-state index in [1.165, 1.54) is 0 Å². The Bertz CT molecular complexity index is 455. The minimum Gasteiger partial charge on any atom is -0.380 e. The number of carbonyl (C=O) groups is 1. The highest BCUT2D eigenvalue weighted by Gasteiger charge is 2.27. The van der Waals surface area contributed by atoms with Gasteiger partial charge in [0.05, 0.1) is 12.6 Å². The first kappa shape index (κ1) is 16.1. The van der Waals surface area contributed by atoms with Gasteiger partial charge >= 0.3 is 0 Å². The molecular weight excluding hydrogens is 308 g/mol. The molecule has 0 bridgehead atoms. The molecule has 0 saturated carbocycles. The molecule has 0 aliphatic carbocycles. The van der Waals surface area contributed by atoms with Crippen molar-refractivity contribution in [2.45, 2.75) is 33.4 Å². The Kier molecular flexibility index (Phi) is 5.52. The molecule has 0 saturated heterocycles. The number of nitrogens with one attached hydrogen (secondary N) is 1. The second-order valence-corrected chi connectivity index (χ2v) is 6.39. The van der Waals surface area contributed by atoms with Crippen molar-refractivity contribution in [1.29, 1.82) is 0 Å². The van der Waals surface area contributed by atoms with Crippen molar-refractivity contribution in [3.05, 3.63) is 28.2 Å². The number of halogens is 1. The molecule has 0 spiro atoms. The lowest BCUT2D eigenvalue weighted by Gasteiger charge is -2.26. The van der Waals surface area contributed by atoms with Gasteiger partial charge in [-0.15, -0.1) is 0 Å². The number of hydrogen-bond acceptors (Lipinski definition) is 3. The van der Waals surface area contributed by atoms with Gasteiger partial charge in [0, 0.05) is 22.8 Å². The lowest BCUT2D eigenvalue weighted by atomic mass is 9.87. The van der Waals surface area contributed by atoms with Gasteiger partial charge in [-0.1, -0.05) is 42.8 Å². The molecule has 0 radical (unpaired) electrons. The van der Waals surface area contributed by atoms with Crippen LogP contribution in [0.25, 0.3) is 0 Å². The molecule has 3 N–H and O–H groups in total. The summed E-state index contributed by atoms with van der Waals surface area (Å²) in [7, 11) is 1.62. The second-order valence-electron chi connectivity index (χ2n) is 5.53. The molecule has 1 aromatic carbocycles. The van der Waals surface area contributed by atoms with Crippen LogP contribution in [0.1, 0.15) is 26.3 Å². The largest absolute Gasteiger partial charge is 0.380 e. The van der Waals surface area contributed by atoms with Crippen LogP contribution in [-0.4, -0.2) is 19.1 Å². The minimum atomic E-state index is -0.568. The van der Waals surface area contributed by atoms with Crippen LogP contribution in [0.3, 0.4) is 0 Å². The summed E-state index contributed by atoms with van der Waals surface area (Å²) in [5.41, 5.74) is 7.29. The molecule has 0 unspecified atom stereocenters. The molecular formula is C14H21BrN2O2. The third-order valence-corrected chi connectivity index (χ3v) is 3.62. The van der Waals surface area contributed by atoms with Gasteiger partial charge in [-0.05, 0) is 17.5 Å². The highest BCUT2D eigenvalue weighted by atomic mass is 79.9. The third kappa shape index (κ3) is 4.30. The summed E-state index contributed by atoms with van der Waals surface area (Å²) in [6.07, 6.45) is 0. The normalized spacial score (nSPS) is 13.2. The zero-order chi connectivity index (χ0) is 14.6. The number of amides is 1. The van der Waals surface area contributed by atoms with Crippen LogP contribution >= 0.6 is 15.9 Å². The monoisotopic (exact) mass is 328 g/mol. The molecule has 1 atom stereocenters. The van der Waals surface area contributed by atoms with Crippen LogP contribution in [0.2, 0.25) is 0 Å². The molecule has 1 aromatic rings. The second kappa shape index (κ2) is 6.50. The Morgan fingerprint density at radius 3 is 2.63 bits per heavy atom. The Labute approximate surface area is 122 Å². The number of nitrogens with two attached hydrogens (primary N) is 1. The van der Waals surface area contributed by atoms with E-state index in [2.05, 4.69) is 21.2 Å². The van der Waals surface area contributed by atoms with Gasteiger partial charge in [-0.3, -0.25) is 4.79 Å². The molecule has 5 heteroatoms. The van der Waals surface area contributed by atoms with E-state index in [4.69, 9.17) is 10.5 Å². The van der Waals surface area contributed by atoms with E-state index in [0.717, 1.165) is 15.7 Å². The van der Waals surface area contributed by atoms with Gasteiger partial charge in [0.15, 0.2) is 0 Å². The first-order chi connectivity index (χ1) is 8.77. The molecule has 0 fully saturated rings. The van der Waals surface area contributed by atoms with Crippen molar-refractivity contribution >= 4 is 27.5 Å². The average molecular weight is 329 g/mol. The van der Waals surface area contributed by atoms with E-state index in [1.54, 1.807) is 7.11 Å². The Morgan fingerprint density at radius 2 is 2.11 bits per heavy atom. The first-order valence-electron chi connectivity index (χ1n) is 6.10. The van der Waals surface area contributed by atoms with E-state index in [-0.39, 0.29) is 11.3 Å². The number of ether oxygens (including phenoxy) is 1. The molecule has 0 aliphatic rings. The lowest BCUT2D eigenvalue weighted by Crippen LogP contribution is -2.45. The van der Waals surface area contributed by atoms with Crippen LogP contribution in [0.4, 0.5) is 5.69 Å². The Balaban J connectivity index is 2.94. The van der Waals surface area contributed by atoms with Crippen LogP contribution in [0.15, 0.2) is 22.7 Å². The van der Waals surface area contributed by atoms with Gasteiger partial charge in [0.2, 0.25) is 5.91 Å². The maximum absolute atomic E-state index is 12.1. The molecule has 1 amide bonds. The summed E-state index contributed by atoms with van der Waals surface area (Å²) in [6.45, 7) is 6.23. The van der Waals surface area contributed by atoms with Gasteiger partial charge < -0.3 is 15.8 Å². The van der Waals surface area contributed by atoms with E-state index in [9.17, 15) is 4.79 Å². The minimum absolute atomic E-state index is 0.192. The standard InChI is InChI=1S/C14H21BrN2O2/c1-14(2,3)12(16)13(18)17-11-7-5-6-10(15)9(11)8-19-4/h5-7,12H,8,16H2,1-4H3,(H,17,18)/t12-/m1/s1. The maximum atomic E-state index is 12.1. The Hall–Kier alpha value is -0.910. The van der Waals surface area contributed by atoms with Crippen LogP contribution in [0, 0.1) is 5.41 Å². The number of rotatable bonds is 4. The first-order valence-corrected chi connectivity index (χ1v) is 6.89. The summed E-state index contributed by atoms with van der Waals surface area (Å²) in [5, 5.41) is 2.87. The van der Waals surface area contributed by atoms with Crippen molar-refractivity contribution in [1.82, 2.24) is 0 Å². The molecule has 0 heterocycles. The molecule has 1 rings (SSSR count). The predicted molar refractivity (Wildman–Crippen MR) is 80.9 cm³/mol. The van der Waals surface area contributed by atoms with Gasteiger partial charge in [0.25, 0.3) is 0 Å². The van der Waals surface area contributed by atoms with Crippen LogP contribution in [0.5, 0.6) is 0 Å². The summed E-state index contributed by atoms with van der Waals surface area (Å²) in [4.78, 5) is 12.1. The molecule has 4 nitrogen and oxygen atoms in total. The summed E-state index contributed by atoms with van der Waals surface area (Å²) in [6, 6.07) is 5.04. The van der Waals surface area contributed by atoms with E-state index in [0.29, 0.717) is 6.61 Å². The number of anilines is 1. The van der Waals surface area contributed by atoms with Crippen molar-refractivity contribution in [3.63, 3.8) is 0 Å². The van der Waals surface area contributed by atoms with Gasteiger partial charge in [-0.25, -0.2) is 0 Å². The summed E-state index contributed by atoms with van der Waals surface area (Å²) >= 11 is 3.45. The van der Waals surface area contributed by atoms with Crippen molar-refractivity contribution in [2.75, 3.05) is 12.4 Å². The zero-order valence-electron chi connectivity index (χ0n) is 11.8. The van der Waals surface area contributed by atoms with Gasteiger partial charge in [-0.2, -0.15) is 0 Å². The highest BCUT2D eigenvalue weighted by Crippen LogP contribution is 2.26. The summed E-state index contributed by atoms with van der Waals surface area (Å²) in [5.74, 6) is -0.192. The highest BCUT2D eigenvalue weighted by molar-refractivity contribution is 9.10. The quantitative estimate of drug-likeness (QED) is 0.893. The number of methoxy groups -OCH3 is 1.